The molecular formula is C12H19N5O2. The van der Waals surface area contributed by atoms with E-state index in [4.69, 9.17) is 4.42 Å². The molecule has 0 aromatic carbocycles. The summed E-state index contributed by atoms with van der Waals surface area (Å²) in [5.41, 5.74) is 0. The van der Waals surface area contributed by atoms with E-state index in [2.05, 4.69) is 26.1 Å². The Morgan fingerprint density at radius 2 is 2.05 bits per heavy atom. The zero-order valence-electron chi connectivity index (χ0n) is 10.8. The molecule has 2 saturated carbocycles. The van der Waals surface area contributed by atoms with E-state index in [9.17, 15) is 4.79 Å². The van der Waals surface area contributed by atoms with Crippen LogP contribution in [0.4, 0.5) is 6.01 Å². The van der Waals surface area contributed by atoms with Crippen molar-refractivity contribution in [2.45, 2.75) is 38.3 Å². The van der Waals surface area contributed by atoms with Gasteiger partial charge in [-0.25, -0.2) is 0 Å². The van der Waals surface area contributed by atoms with E-state index in [1.807, 2.05) is 0 Å². The monoisotopic (exact) mass is 265 g/mol. The second kappa shape index (κ2) is 5.56. The van der Waals surface area contributed by atoms with E-state index < -0.39 is 0 Å². The lowest BCUT2D eigenvalue weighted by atomic mass is 10.4. The van der Waals surface area contributed by atoms with Gasteiger partial charge in [-0.05, 0) is 25.7 Å². The van der Waals surface area contributed by atoms with E-state index in [0.717, 1.165) is 12.8 Å². The van der Waals surface area contributed by atoms with E-state index in [1.54, 1.807) is 0 Å². The number of amides is 1. The molecule has 104 valence electrons. The SMILES string of the molecule is O=C(NCCNc1nnc(CNC2CC2)o1)C1CC1. The van der Waals surface area contributed by atoms with Gasteiger partial charge in [-0.2, -0.15) is 0 Å². The lowest BCUT2D eigenvalue weighted by molar-refractivity contribution is -0.122. The second-order valence-electron chi connectivity index (χ2n) is 5.15. The van der Waals surface area contributed by atoms with Crippen molar-refractivity contribution in [1.29, 1.82) is 0 Å². The van der Waals surface area contributed by atoms with Gasteiger partial charge in [-0.15, -0.1) is 5.10 Å². The fraction of sp³-hybridized carbons (Fsp3) is 0.750. The van der Waals surface area contributed by atoms with Gasteiger partial charge in [0.05, 0.1) is 6.54 Å². The molecule has 1 heterocycles. The maximum atomic E-state index is 11.4. The Bertz CT molecular complexity index is 439. The third-order valence-corrected chi connectivity index (χ3v) is 3.23. The number of rotatable bonds is 8. The second-order valence-corrected chi connectivity index (χ2v) is 5.15. The molecule has 2 aliphatic carbocycles. The van der Waals surface area contributed by atoms with Crippen molar-refractivity contribution >= 4 is 11.9 Å². The molecule has 1 aromatic rings. The van der Waals surface area contributed by atoms with Crippen molar-refractivity contribution in [3.63, 3.8) is 0 Å². The molecule has 1 aromatic heterocycles. The number of aromatic nitrogens is 2. The first-order valence-corrected chi connectivity index (χ1v) is 6.88. The molecule has 3 rings (SSSR count). The topological polar surface area (TPSA) is 92.1 Å². The molecule has 1 amide bonds. The van der Waals surface area contributed by atoms with E-state index in [-0.39, 0.29) is 11.8 Å². The van der Waals surface area contributed by atoms with E-state index in [1.165, 1.54) is 12.8 Å². The highest BCUT2D eigenvalue weighted by Gasteiger charge is 2.29. The predicted octanol–water partition coefficient (Wildman–Crippen LogP) is 0.260. The van der Waals surface area contributed by atoms with Crippen LogP contribution in [0.2, 0.25) is 0 Å². The quantitative estimate of drug-likeness (QED) is 0.584. The zero-order valence-corrected chi connectivity index (χ0v) is 10.8. The van der Waals surface area contributed by atoms with Crippen LogP contribution in [0, 0.1) is 5.92 Å². The largest absolute Gasteiger partial charge is 0.407 e. The number of hydrogen-bond donors (Lipinski definition) is 3. The molecule has 0 atom stereocenters. The summed E-state index contributed by atoms with van der Waals surface area (Å²) in [6.07, 6.45) is 4.53. The number of hydrogen-bond acceptors (Lipinski definition) is 6. The molecule has 3 N–H and O–H groups in total. The van der Waals surface area contributed by atoms with Gasteiger partial charge in [0, 0.05) is 25.0 Å². The Hall–Kier alpha value is -1.63. The normalized spacial score (nSPS) is 18.3. The summed E-state index contributed by atoms with van der Waals surface area (Å²) >= 11 is 0. The minimum Gasteiger partial charge on any atom is -0.407 e. The van der Waals surface area contributed by atoms with Crippen molar-refractivity contribution in [2.24, 2.45) is 5.92 Å². The molecule has 0 bridgehead atoms. The third-order valence-electron chi connectivity index (χ3n) is 3.23. The summed E-state index contributed by atoms with van der Waals surface area (Å²) in [6, 6.07) is 1.04. The highest BCUT2D eigenvalue weighted by atomic mass is 16.4. The van der Waals surface area contributed by atoms with E-state index >= 15 is 0 Å². The van der Waals surface area contributed by atoms with Crippen LogP contribution in [0.15, 0.2) is 4.42 Å². The molecule has 2 fully saturated rings. The van der Waals surface area contributed by atoms with Crippen LogP contribution in [0.25, 0.3) is 0 Å². The number of nitrogens with one attached hydrogen (secondary N) is 3. The molecule has 19 heavy (non-hydrogen) atoms. The molecule has 7 nitrogen and oxygen atoms in total. The first kappa shape index (κ1) is 12.4. The van der Waals surface area contributed by atoms with Gasteiger partial charge >= 0.3 is 6.01 Å². The summed E-state index contributed by atoms with van der Waals surface area (Å²) in [5, 5.41) is 17.0. The molecule has 2 aliphatic rings. The molecular weight excluding hydrogens is 246 g/mol. The lowest BCUT2D eigenvalue weighted by Gasteiger charge is -2.03. The summed E-state index contributed by atoms with van der Waals surface area (Å²) in [5.74, 6) is 1.00. The van der Waals surface area contributed by atoms with Crippen LogP contribution in [-0.2, 0) is 11.3 Å². The van der Waals surface area contributed by atoms with Gasteiger partial charge in [0.25, 0.3) is 0 Å². The first-order valence-electron chi connectivity index (χ1n) is 6.88. The van der Waals surface area contributed by atoms with Crippen LogP contribution < -0.4 is 16.0 Å². The fourth-order valence-corrected chi connectivity index (χ4v) is 1.76. The summed E-state index contributed by atoms with van der Waals surface area (Å²) in [6.45, 7) is 1.79. The van der Waals surface area contributed by atoms with Gasteiger partial charge in [-0.1, -0.05) is 5.10 Å². The molecule has 7 heteroatoms. The van der Waals surface area contributed by atoms with Gasteiger partial charge in [0.15, 0.2) is 0 Å². The predicted molar refractivity (Wildman–Crippen MR) is 68.4 cm³/mol. The Labute approximate surface area is 111 Å². The van der Waals surface area contributed by atoms with Gasteiger partial charge in [-0.3, -0.25) is 4.79 Å². The van der Waals surface area contributed by atoms with Crippen molar-refractivity contribution in [2.75, 3.05) is 18.4 Å². The number of carbonyl (C=O) groups excluding carboxylic acids is 1. The maximum Gasteiger partial charge on any atom is 0.315 e. The molecule has 0 unspecified atom stereocenters. The molecule has 0 saturated heterocycles. The van der Waals surface area contributed by atoms with Crippen LogP contribution in [0.1, 0.15) is 31.6 Å². The van der Waals surface area contributed by atoms with Crippen LogP contribution in [-0.4, -0.2) is 35.2 Å². The van der Waals surface area contributed by atoms with Crippen molar-refractivity contribution in [3.8, 4) is 0 Å². The van der Waals surface area contributed by atoms with Crippen molar-refractivity contribution in [3.05, 3.63) is 5.89 Å². The van der Waals surface area contributed by atoms with Gasteiger partial charge in [0.2, 0.25) is 11.8 Å². The maximum absolute atomic E-state index is 11.4. The highest BCUT2D eigenvalue weighted by molar-refractivity contribution is 5.80. The van der Waals surface area contributed by atoms with E-state index in [0.29, 0.717) is 37.6 Å². The van der Waals surface area contributed by atoms with Gasteiger partial charge < -0.3 is 20.4 Å². The third kappa shape index (κ3) is 3.92. The summed E-state index contributed by atoms with van der Waals surface area (Å²) < 4.78 is 5.42. The number of nitrogens with zero attached hydrogens (tertiary/aromatic N) is 2. The fourth-order valence-electron chi connectivity index (χ4n) is 1.76. The number of anilines is 1. The average molecular weight is 265 g/mol. The zero-order chi connectivity index (χ0) is 13.1. The Morgan fingerprint density at radius 1 is 1.21 bits per heavy atom. The Balaban J connectivity index is 1.31. The van der Waals surface area contributed by atoms with Crippen LogP contribution in [0.3, 0.4) is 0 Å². The Kier molecular flexibility index (Phi) is 3.63. The molecule has 0 aliphatic heterocycles. The van der Waals surface area contributed by atoms with Crippen molar-refractivity contribution < 1.29 is 9.21 Å². The lowest BCUT2D eigenvalue weighted by Crippen LogP contribution is -2.29. The minimum atomic E-state index is 0.154. The number of carbonyl (C=O) groups is 1. The average Bonchev–Trinajstić information content (AvgIpc) is 3.31. The molecule has 0 spiro atoms. The van der Waals surface area contributed by atoms with Crippen molar-refractivity contribution in [1.82, 2.24) is 20.8 Å². The smallest absolute Gasteiger partial charge is 0.315 e. The first-order chi connectivity index (χ1) is 9.31. The Morgan fingerprint density at radius 3 is 2.79 bits per heavy atom. The van der Waals surface area contributed by atoms with Crippen LogP contribution >= 0.6 is 0 Å². The summed E-state index contributed by atoms with van der Waals surface area (Å²) in [4.78, 5) is 11.4. The molecule has 0 radical (unpaired) electrons. The highest BCUT2D eigenvalue weighted by Crippen LogP contribution is 2.28. The minimum absolute atomic E-state index is 0.154. The summed E-state index contributed by atoms with van der Waals surface area (Å²) in [7, 11) is 0. The van der Waals surface area contributed by atoms with Crippen LogP contribution in [0.5, 0.6) is 0 Å². The standard InChI is InChI=1S/C12H19N5O2/c18-11(8-1-2-8)13-5-6-14-12-17-16-10(19-12)7-15-9-3-4-9/h8-9,15H,1-7H2,(H,13,18)(H,14,17). The van der Waals surface area contributed by atoms with Gasteiger partial charge in [0.1, 0.15) is 0 Å².